The van der Waals surface area contributed by atoms with Crippen molar-refractivity contribution < 1.29 is 13.9 Å². The molecule has 2 rings (SSSR count). The molecule has 0 bridgehead atoms. The lowest BCUT2D eigenvalue weighted by Gasteiger charge is -2.06. The predicted molar refractivity (Wildman–Crippen MR) is 53.4 cm³/mol. The number of imidazole rings is 1. The molecule has 0 saturated heterocycles. The van der Waals surface area contributed by atoms with Crippen LogP contribution in [0.3, 0.4) is 0 Å². The standard InChI is InChI=1S/C10H11FN2O2/c1-14-4-5-15-8-3-2-7-10(9(8)11)13-6-12-7/h2-3,6H,4-5H2,1H3,(H,12,13). The largest absolute Gasteiger partial charge is 0.488 e. The van der Waals surface area contributed by atoms with Crippen molar-refractivity contribution in [1.82, 2.24) is 9.97 Å². The quantitative estimate of drug-likeness (QED) is 0.782. The Labute approximate surface area is 86.0 Å². The summed E-state index contributed by atoms with van der Waals surface area (Å²) < 4.78 is 23.7. The van der Waals surface area contributed by atoms with Crippen molar-refractivity contribution >= 4 is 11.0 Å². The van der Waals surface area contributed by atoms with E-state index in [2.05, 4.69) is 9.97 Å². The molecule has 2 aromatic rings. The van der Waals surface area contributed by atoms with E-state index < -0.39 is 5.82 Å². The molecule has 0 aliphatic heterocycles. The summed E-state index contributed by atoms with van der Waals surface area (Å²) in [5.74, 6) is -0.239. The first-order valence-electron chi connectivity index (χ1n) is 4.56. The van der Waals surface area contributed by atoms with E-state index in [1.807, 2.05) is 0 Å². The van der Waals surface area contributed by atoms with E-state index in [0.29, 0.717) is 24.2 Å². The van der Waals surface area contributed by atoms with Gasteiger partial charge in [0.05, 0.1) is 18.5 Å². The highest BCUT2D eigenvalue weighted by Gasteiger charge is 2.09. The fourth-order valence-corrected chi connectivity index (χ4v) is 1.30. The SMILES string of the molecule is COCCOc1ccc2[nH]cnc2c1F. The second kappa shape index (κ2) is 4.27. The first-order valence-corrected chi connectivity index (χ1v) is 4.56. The highest BCUT2D eigenvalue weighted by atomic mass is 19.1. The lowest BCUT2D eigenvalue weighted by molar-refractivity contribution is 0.144. The maximum atomic E-state index is 13.7. The molecule has 0 aliphatic rings. The van der Waals surface area contributed by atoms with Gasteiger partial charge in [-0.1, -0.05) is 0 Å². The molecule has 0 unspecified atom stereocenters. The third-order valence-electron chi connectivity index (χ3n) is 2.04. The zero-order valence-corrected chi connectivity index (χ0v) is 8.29. The molecule has 80 valence electrons. The lowest BCUT2D eigenvalue weighted by atomic mass is 10.3. The molecule has 4 nitrogen and oxygen atoms in total. The van der Waals surface area contributed by atoms with E-state index >= 15 is 0 Å². The van der Waals surface area contributed by atoms with Crippen LogP contribution in [-0.2, 0) is 4.74 Å². The fourth-order valence-electron chi connectivity index (χ4n) is 1.30. The third kappa shape index (κ3) is 1.92. The Morgan fingerprint density at radius 1 is 1.40 bits per heavy atom. The summed E-state index contributed by atoms with van der Waals surface area (Å²) in [6.07, 6.45) is 1.45. The summed E-state index contributed by atoms with van der Waals surface area (Å²) in [6.45, 7) is 0.751. The number of fused-ring (bicyclic) bond motifs is 1. The van der Waals surface area contributed by atoms with E-state index in [0.717, 1.165) is 0 Å². The van der Waals surface area contributed by atoms with Crippen LogP contribution in [0.2, 0.25) is 0 Å². The van der Waals surface area contributed by atoms with Gasteiger partial charge in [-0.3, -0.25) is 0 Å². The highest BCUT2D eigenvalue weighted by molar-refractivity contribution is 5.76. The van der Waals surface area contributed by atoms with Gasteiger partial charge in [0.2, 0.25) is 0 Å². The summed E-state index contributed by atoms with van der Waals surface area (Å²) in [4.78, 5) is 6.69. The van der Waals surface area contributed by atoms with Crippen LogP contribution in [0, 0.1) is 5.82 Å². The third-order valence-corrected chi connectivity index (χ3v) is 2.04. The molecule has 1 aromatic carbocycles. The Bertz CT molecular complexity index is 456. The lowest BCUT2D eigenvalue weighted by Crippen LogP contribution is -2.05. The van der Waals surface area contributed by atoms with Gasteiger partial charge in [-0.05, 0) is 12.1 Å². The summed E-state index contributed by atoms with van der Waals surface area (Å²) >= 11 is 0. The van der Waals surface area contributed by atoms with Crippen molar-refractivity contribution in [3.8, 4) is 5.75 Å². The first kappa shape index (κ1) is 9.92. The minimum atomic E-state index is -0.440. The van der Waals surface area contributed by atoms with Gasteiger partial charge in [0.15, 0.2) is 11.6 Å². The average Bonchev–Trinajstić information content (AvgIpc) is 2.70. The van der Waals surface area contributed by atoms with Gasteiger partial charge in [0.1, 0.15) is 12.1 Å². The van der Waals surface area contributed by atoms with Crippen LogP contribution in [0.15, 0.2) is 18.5 Å². The normalized spacial score (nSPS) is 10.8. The number of methoxy groups -OCH3 is 1. The second-order valence-corrected chi connectivity index (χ2v) is 3.02. The summed E-state index contributed by atoms with van der Waals surface area (Å²) in [6, 6.07) is 3.30. The van der Waals surface area contributed by atoms with Gasteiger partial charge in [-0.15, -0.1) is 0 Å². The van der Waals surface area contributed by atoms with Crippen LogP contribution in [-0.4, -0.2) is 30.3 Å². The molecule has 0 amide bonds. The van der Waals surface area contributed by atoms with E-state index in [4.69, 9.17) is 9.47 Å². The summed E-state index contributed by atoms with van der Waals surface area (Å²) in [5.41, 5.74) is 0.955. The van der Waals surface area contributed by atoms with Gasteiger partial charge < -0.3 is 14.5 Å². The minimum absolute atomic E-state index is 0.201. The van der Waals surface area contributed by atoms with Gasteiger partial charge in [0.25, 0.3) is 0 Å². The number of rotatable bonds is 4. The van der Waals surface area contributed by atoms with Crippen molar-refractivity contribution in [3.63, 3.8) is 0 Å². The monoisotopic (exact) mass is 210 g/mol. The minimum Gasteiger partial charge on any atom is -0.488 e. The molecule has 0 atom stereocenters. The summed E-state index contributed by atoms with van der Waals surface area (Å²) in [7, 11) is 1.57. The van der Waals surface area contributed by atoms with Gasteiger partial charge in [0, 0.05) is 7.11 Å². The van der Waals surface area contributed by atoms with E-state index in [1.54, 1.807) is 19.2 Å². The zero-order valence-electron chi connectivity index (χ0n) is 8.29. The molecule has 0 saturated carbocycles. The van der Waals surface area contributed by atoms with Crippen LogP contribution in [0.1, 0.15) is 0 Å². The smallest absolute Gasteiger partial charge is 0.192 e. The number of H-pyrrole nitrogens is 1. The Morgan fingerprint density at radius 2 is 2.27 bits per heavy atom. The fraction of sp³-hybridized carbons (Fsp3) is 0.300. The molecule has 0 aliphatic carbocycles. The molecule has 15 heavy (non-hydrogen) atoms. The van der Waals surface area contributed by atoms with Crippen LogP contribution in [0.25, 0.3) is 11.0 Å². The number of aromatic amines is 1. The number of halogens is 1. The highest BCUT2D eigenvalue weighted by Crippen LogP contribution is 2.23. The number of ether oxygens (including phenoxy) is 2. The number of nitrogens with zero attached hydrogens (tertiary/aromatic N) is 1. The maximum absolute atomic E-state index is 13.7. The zero-order chi connectivity index (χ0) is 10.7. The predicted octanol–water partition coefficient (Wildman–Crippen LogP) is 1.73. The Hall–Kier alpha value is -1.62. The van der Waals surface area contributed by atoms with Crippen molar-refractivity contribution in [2.45, 2.75) is 0 Å². The van der Waals surface area contributed by atoms with Crippen molar-refractivity contribution in [2.75, 3.05) is 20.3 Å². The number of hydrogen-bond acceptors (Lipinski definition) is 3. The van der Waals surface area contributed by atoms with Crippen LogP contribution < -0.4 is 4.74 Å². The van der Waals surface area contributed by atoms with Gasteiger partial charge in [-0.2, -0.15) is 0 Å². The molecule has 1 N–H and O–H groups in total. The summed E-state index contributed by atoms with van der Waals surface area (Å²) in [5, 5.41) is 0. The molecular formula is C10H11FN2O2. The molecule has 1 heterocycles. The molecule has 5 heteroatoms. The van der Waals surface area contributed by atoms with Crippen molar-refractivity contribution in [2.24, 2.45) is 0 Å². The molecule has 1 aromatic heterocycles. The molecule has 0 fully saturated rings. The van der Waals surface area contributed by atoms with Crippen molar-refractivity contribution in [3.05, 3.63) is 24.3 Å². The van der Waals surface area contributed by atoms with Gasteiger partial charge in [-0.25, -0.2) is 9.37 Å². The van der Waals surface area contributed by atoms with Crippen LogP contribution in [0.4, 0.5) is 4.39 Å². The Kier molecular flexibility index (Phi) is 2.82. The number of hydrogen-bond donors (Lipinski definition) is 1. The molecular weight excluding hydrogens is 199 g/mol. The maximum Gasteiger partial charge on any atom is 0.192 e. The molecule has 0 radical (unpaired) electrons. The first-order chi connectivity index (χ1) is 7.33. The Morgan fingerprint density at radius 3 is 3.07 bits per heavy atom. The second-order valence-electron chi connectivity index (χ2n) is 3.02. The van der Waals surface area contributed by atoms with Gasteiger partial charge >= 0.3 is 0 Å². The van der Waals surface area contributed by atoms with Crippen LogP contribution >= 0.6 is 0 Å². The van der Waals surface area contributed by atoms with E-state index in [1.165, 1.54) is 6.33 Å². The van der Waals surface area contributed by atoms with E-state index in [-0.39, 0.29) is 5.75 Å². The molecule has 0 spiro atoms. The van der Waals surface area contributed by atoms with Crippen LogP contribution in [0.5, 0.6) is 5.75 Å². The van der Waals surface area contributed by atoms with E-state index in [9.17, 15) is 4.39 Å². The average molecular weight is 210 g/mol. The van der Waals surface area contributed by atoms with Crippen molar-refractivity contribution in [1.29, 1.82) is 0 Å². The number of benzene rings is 1. The topological polar surface area (TPSA) is 47.1 Å². The number of nitrogens with one attached hydrogen (secondary N) is 1. The Balaban J connectivity index is 2.23. The number of aromatic nitrogens is 2.